The summed E-state index contributed by atoms with van der Waals surface area (Å²) in [5, 5.41) is 0. The highest BCUT2D eigenvalue weighted by atomic mass is 32.1. The van der Waals surface area contributed by atoms with Gasteiger partial charge in [-0.1, -0.05) is 36.5 Å². The van der Waals surface area contributed by atoms with E-state index in [0.717, 1.165) is 28.2 Å². The highest BCUT2D eigenvalue weighted by Gasteiger charge is 2.13. The first-order valence-electron chi connectivity index (χ1n) is 6.57. The van der Waals surface area contributed by atoms with Crippen LogP contribution in [0.25, 0.3) is 22.4 Å². The largest absolute Gasteiger partial charge is 0.497 e. The van der Waals surface area contributed by atoms with Crippen LogP contribution in [0.5, 0.6) is 5.75 Å². The molecule has 0 bridgehead atoms. The maximum absolute atomic E-state index is 5.74. The second-order valence-electron chi connectivity index (χ2n) is 4.71. The van der Waals surface area contributed by atoms with E-state index in [2.05, 4.69) is 0 Å². The standard InChI is InChI=1S/C16H15N3OS/c1-20-12-6-4-5-11(9-12)16-18-13-7-2-3-8-14(13)19(16)10-15(17)21/h2-9H,10H2,1H3,(H2,17,21). The fourth-order valence-corrected chi connectivity index (χ4v) is 2.50. The summed E-state index contributed by atoms with van der Waals surface area (Å²) in [5.41, 5.74) is 8.65. The van der Waals surface area contributed by atoms with Crippen molar-refractivity contribution >= 4 is 28.2 Å². The second kappa shape index (κ2) is 5.54. The van der Waals surface area contributed by atoms with Crippen LogP contribution in [0.3, 0.4) is 0 Å². The van der Waals surface area contributed by atoms with Gasteiger partial charge in [-0.25, -0.2) is 4.98 Å². The van der Waals surface area contributed by atoms with Crippen LogP contribution >= 0.6 is 12.2 Å². The van der Waals surface area contributed by atoms with Gasteiger partial charge in [0.15, 0.2) is 0 Å². The van der Waals surface area contributed by atoms with Gasteiger partial charge in [-0.05, 0) is 24.3 Å². The first-order valence-corrected chi connectivity index (χ1v) is 6.98. The molecule has 3 aromatic rings. The molecule has 0 saturated heterocycles. The highest BCUT2D eigenvalue weighted by Crippen LogP contribution is 2.27. The summed E-state index contributed by atoms with van der Waals surface area (Å²) in [5.74, 6) is 1.63. The van der Waals surface area contributed by atoms with Gasteiger partial charge in [-0.15, -0.1) is 0 Å². The van der Waals surface area contributed by atoms with Crippen molar-refractivity contribution in [2.45, 2.75) is 6.54 Å². The summed E-state index contributed by atoms with van der Waals surface area (Å²) in [6.07, 6.45) is 0. The molecule has 0 spiro atoms. The molecule has 2 aromatic carbocycles. The third-order valence-electron chi connectivity index (χ3n) is 3.30. The van der Waals surface area contributed by atoms with Crippen LogP contribution in [0.15, 0.2) is 48.5 Å². The minimum atomic E-state index is 0.433. The third kappa shape index (κ3) is 2.60. The van der Waals surface area contributed by atoms with Gasteiger partial charge in [0.25, 0.3) is 0 Å². The molecule has 3 rings (SSSR count). The van der Waals surface area contributed by atoms with E-state index in [1.165, 1.54) is 0 Å². The van der Waals surface area contributed by atoms with Crippen LogP contribution in [0.1, 0.15) is 0 Å². The molecule has 0 aliphatic rings. The summed E-state index contributed by atoms with van der Waals surface area (Å²) >= 11 is 5.07. The van der Waals surface area contributed by atoms with Crippen LogP contribution in [0.2, 0.25) is 0 Å². The molecule has 0 atom stereocenters. The molecule has 1 aromatic heterocycles. The fourth-order valence-electron chi connectivity index (χ4n) is 2.37. The van der Waals surface area contributed by atoms with E-state index >= 15 is 0 Å². The van der Waals surface area contributed by atoms with Gasteiger partial charge >= 0.3 is 0 Å². The average molecular weight is 297 g/mol. The fraction of sp³-hybridized carbons (Fsp3) is 0.125. The normalized spacial score (nSPS) is 10.7. The molecule has 106 valence electrons. The monoisotopic (exact) mass is 297 g/mol. The first-order chi connectivity index (χ1) is 10.2. The van der Waals surface area contributed by atoms with E-state index < -0.39 is 0 Å². The smallest absolute Gasteiger partial charge is 0.141 e. The summed E-state index contributed by atoms with van der Waals surface area (Å²) in [6, 6.07) is 15.8. The molecule has 0 amide bonds. The van der Waals surface area contributed by atoms with E-state index in [1.54, 1.807) is 7.11 Å². The van der Waals surface area contributed by atoms with Crippen molar-refractivity contribution in [2.75, 3.05) is 7.11 Å². The summed E-state index contributed by atoms with van der Waals surface area (Å²) in [7, 11) is 1.65. The lowest BCUT2D eigenvalue weighted by molar-refractivity contribution is 0.415. The number of ether oxygens (including phenoxy) is 1. The number of methoxy groups -OCH3 is 1. The lowest BCUT2D eigenvalue weighted by Crippen LogP contribution is -2.17. The Morgan fingerprint density at radius 2 is 2.05 bits per heavy atom. The molecule has 5 heteroatoms. The molecule has 0 fully saturated rings. The van der Waals surface area contributed by atoms with Crippen molar-refractivity contribution in [1.82, 2.24) is 9.55 Å². The molecule has 0 saturated carbocycles. The number of nitrogens with zero attached hydrogens (tertiary/aromatic N) is 2. The number of imidazole rings is 1. The molecule has 4 nitrogen and oxygen atoms in total. The minimum Gasteiger partial charge on any atom is -0.497 e. The molecule has 0 aliphatic carbocycles. The van der Waals surface area contributed by atoms with Crippen molar-refractivity contribution < 1.29 is 4.74 Å². The zero-order valence-electron chi connectivity index (χ0n) is 11.6. The Kier molecular flexibility index (Phi) is 3.58. The predicted octanol–water partition coefficient (Wildman–Crippen LogP) is 3.00. The van der Waals surface area contributed by atoms with Crippen molar-refractivity contribution in [1.29, 1.82) is 0 Å². The molecule has 1 heterocycles. The highest BCUT2D eigenvalue weighted by molar-refractivity contribution is 7.80. The number of hydrogen-bond donors (Lipinski definition) is 1. The minimum absolute atomic E-state index is 0.433. The van der Waals surface area contributed by atoms with Gasteiger partial charge in [0.2, 0.25) is 0 Å². The molecule has 0 aliphatic heterocycles. The van der Waals surface area contributed by atoms with Crippen molar-refractivity contribution in [3.05, 3.63) is 48.5 Å². The summed E-state index contributed by atoms with van der Waals surface area (Å²) in [4.78, 5) is 5.14. The SMILES string of the molecule is COc1cccc(-c2nc3ccccc3n2CC(N)=S)c1. The molecular formula is C16H15N3OS. The van der Waals surface area contributed by atoms with Crippen molar-refractivity contribution in [3.8, 4) is 17.1 Å². The third-order valence-corrected chi connectivity index (χ3v) is 3.43. The molecular weight excluding hydrogens is 282 g/mol. The predicted molar refractivity (Wildman–Crippen MR) is 88.5 cm³/mol. The van der Waals surface area contributed by atoms with E-state index in [-0.39, 0.29) is 0 Å². The van der Waals surface area contributed by atoms with Gasteiger partial charge in [-0.3, -0.25) is 0 Å². The Bertz CT molecular complexity index is 810. The van der Waals surface area contributed by atoms with Crippen LogP contribution in [-0.4, -0.2) is 21.6 Å². The maximum Gasteiger partial charge on any atom is 0.141 e. The van der Waals surface area contributed by atoms with Crippen molar-refractivity contribution in [3.63, 3.8) is 0 Å². The van der Waals surface area contributed by atoms with E-state index in [4.69, 9.17) is 27.7 Å². The van der Waals surface area contributed by atoms with Gasteiger partial charge < -0.3 is 15.0 Å². The quantitative estimate of drug-likeness (QED) is 0.752. The van der Waals surface area contributed by atoms with Crippen LogP contribution < -0.4 is 10.5 Å². The maximum atomic E-state index is 5.74. The lowest BCUT2D eigenvalue weighted by Gasteiger charge is -2.09. The number of hydrogen-bond acceptors (Lipinski definition) is 3. The Balaban J connectivity index is 2.22. The number of para-hydroxylation sites is 2. The molecule has 21 heavy (non-hydrogen) atoms. The van der Waals surface area contributed by atoms with E-state index in [1.807, 2.05) is 53.1 Å². The summed E-state index contributed by atoms with van der Waals surface area (Å²) < 4.78 is 7.32. The first kappa shape index (κ1) is 13.6. The van der Waals surface area contributed by atoms with Gasteiger partial charge in [0.1, 0.15) is 11.6 Å². The van der Waals surface area contributed by atoms with Crippen LogP contribution in [0, 0.1) is 0 Å². The van der Waals surface area contributed by atoms with E-state index in [9.17, 15) is 0 Å². The zero-order valence-corrected chi connectivity index (χ0v) is 12.4. The summed E-state index contributed by atoms with van der Waals surface area (Å²) in [6.45, 7) is 0.461. The van der Waals surface area contributed by atoms with Gasteiger partial charge in [-0.2, -0.15) is 0 Å². The Labute approximate surface area is 128 Å². The number of aromatic nitrogens is 2. The molecule has 2 N–H and O–H groups in total. The van der Waals surface area contributed by atoms with Gasteiger partial charge in [0.05, 0.1) is 29.7 Å². The Morgan fingerprint density at radius 3 is 2.81 bits per heavy atom. The van der Waals surface area contributed by atoms with Crippen molar-refractivity contribution in [2.24, 2.45) is 5.73 Å². The Morgan fingerprint density at radius 1 is 1.24 bits per heavy atom. The Hall–Kier alpha value is -2.40. The number of benzene rings is 2. The molecule has 0 unspecified atom stereocenters. The van der Waals surface area contributed by atoms with E-state index in [0.29, 0.717) is 11.5 Å². The number of nitrogens with two attached hydrogens (primary N) is 1. The van der Waals surface area contributed by atoms with Crippen LogP contribution in [-0.2, 0) is 6.54 Å². The average Bonchev–Trinajstić information content (AvgIpc) is 2.86. The lowest BCUT2D eigenvalue weighted by atomic mass is 10.2. The van der Waals surface area contributed by atoms with Crippen LogP contribution in [0.4, 0.5) is 0 Å². The topological polar surface area (TPSA) is 53.1 Å². The molecule has 0 radical (unpaired) electrons. The number of fused-ring (bicyclic) bond motifs is 1. The van der Waals surface area contributed by atoms with Gasteiger partial charge in [0, 0.05) is 5.56 Å². The number of rotatable bonds is 4. The number of thiocarbonyl (C=S) groups is 1. The zero-order chi connectivity index (χ0) is 14.8. The second-order valence-corrected chi connectivity index (χ2v) is 5.23.